The van der Waals surface area contributed by atoms with Gasteiger partial charge in [-0.3, -0.25) is 0 Å². The summed E-state index contributed by atoms with van der Waals surface area (Å²) < 4.78 is 12.0. The quantitative estimate of drug-likeness (QED) is 0.808. The standard InChI is InChI=1S/C14H28O3/c1-6-8-12-10(3)13(11(7-2)9-15)17-14(4,5)16-12/h10-13,15H,6-9H2,1-5H3/t10-,11-,12-,13-/m1/s1. The van der Waals surface area contributed by atoms with Gasteiger partial charge < -0.3 is 14.6 Å². The lowest BCUT2D eigenvalue weighted by Gasteiger charge is -2.47. The van der Waals surface area contributed by atoms with E-state index in [1.165, 1.54) is 0 Å². The number of rotatable bonds is 5. The maximum absolute atomic E-state index is 9.46. The predicted molar refractivity (Wildman–Crippen MR) is 68.8 cm³/mol. The van der Waals surface area contributed by atoms with Crippen LogP contribution in [-0.2, 0) is 9.47 Å². The molecule has 0 aromatic heterocycles. The highest BCUT2D eigenvalue weighted by atomic mass is 16.7. The summed E-state index contributed by atoms with van der Waals surface area (Å²) >= 11 is 0. The molecule has 0 amide bonds. The van der Waals surface area contributed by atoms with Gasteiger partial charge in [0.25, 0.3) is 0 Å². The summed E-state index contributed by atoms with van der Waals surface area (Å²) in [6, 6.07) is 0. The topological polar surface area (TPSA) is 38.7 Å². The van der Waals surface area contributed by atoms with Gasteiger partial charge in [-0.15, -0.1) is 0 Å². The second-order valence-corrected chi connectivity index (χ2v) is 5.64. The van der Waals surface area contributed by atoms with E-state index in [1.54, 1.807) is 0 Å². The predicted octanol–water partition coefficient (Wildman–Crippen LogP) is 2.96. The van der Waals surface area contributed by atoms with Gasteiger partial charge in [-0.2, -0.15) is 0 Å². The lowest BCUT2D eigenvalue weighted by molar-refractivity contribution is -0.329. The van der Waals surface area contributed by atoms with Crippen molar-refractivity contribution < 1.29 is 14.6 Å². The number of aliphatic hydroxyl groups excluding tert-OH is 1. The molecule has 0 saturated carbocycles. The molecule has 1 heterocycles. The van der Waals surface area contributed by atoms with Crippen LogP contribution in [0.5, 0.6) is 0 Å². The van der Waals surface area contributed by atoms with E-state index in [0.717, 1.165) is 19.3 Å². The fourth-order valence-corrected chi connectivity index (χ4v) is 2.74. The molecule has 1 saturated heterocycles. The van der Waals surface area contributed by atoms with Gasteiger partial charge in [0.15, 0.2) is 5.79 Å². The highest BCUT2D eigenvalue weighted by molar-refractivity contribution is 4.86. The van der Waals surface area contributed by atoms with Crippen LogP contribution in [0.4, 0.5) is 0 Å². The fraction of sp³-hybridized carbons (Fsp3) is 1.00. The second-order valence-electron chi connectivity index (χ2n) is 5.64. The zero-order chi connectivity index (χ0) is 13.1. The third-order valence-electron chi connectivity index (χ3n) is 3.76. The van der Waals surface area contributed by atoms with Crippen molar-refractivity contribution in [2.45, 2.75) is 71.9 Å². The van der Waals surface area contributed by atoms with Gasteiger partial charge in [0.2, 0.25) is 0 Å². The van der Waals surface area contributed by atoms with Crippen LogP contribution in [0, 0.1) is 11.8 Å². The maximum Gasteiger partial charge on any atom is 0.163 e. The molecule has 0 radical (unpaired) electrons. The molecule has 0 unspecified atom stereocenters. The van der Waals surface area contributed by atoms with E-state index in [1.807, 2.05) is 13.8 Å². The van der Waals surface area contributed by atoms with Crippen molar-refractivity contribution in [1.29, 1.82) is 0 Å². The summed E-state index contributed by atoms with van der Waals surface area (Å²) in [6.45, 7) is 10.6. The van der Waals surface area contributed by atoms with Crippen LogP contribution in [0.1, 0.15) is 53.9 Å². The first-order valence-corrected chi connectivity index (χ1v) is 6.91. The van der Waals surface area contributed by atoms with Crippen LogP contribution in [-0.4, -0.2) is 29.7 Å². The van der Waals surface area contributed by atoms with Crippen LogP contribution in [0.3, 0.4) is 0 Å². The Labute approximate surface area is 105 Å². The van der Waals surface area contributed by atoms with E-state index in [2.05, 4.69) is 20.8 Å². The number of hydrogen-bond donors (Lipinski definition) is 1. The number of aliphatic hydroxyl groups is 1. The Hall–Kier alpha value is -0.120. The average molecular weight is 244 g/mol. The summed E-state index contributed by atoms with van der Waals surface area (Å²) in [5, 5.41) is 9.46. The maximum atomic E-state index is 9.46. The van der Waals surface area contributed by atoms with Crippen LogP contribution >= 0.6 is 0 Å². The third-order valence-corrected chi connectivity index (χ3v) is 3.76. The fourth-order valence-electron chi connectivity index (χ4n) is 2.74. The van der Waals surface area contributed by atoms with Crippen LogP contribution in [0.25, 0.3) is 0 Å². The van der Waals surface area contributed by atoms with Gasteiger partial charge in [0.1, 0.15) is 0 Å². The molecule has 3 heteroatoms. The molecule has 3 nitrogen and oxygen atoms in total. The van der Waals surface area contributed by atoms with Crippen molar-refractivity contribution in [3.8, 4) is 0 Å². The van der Waals surface area contributed by atoms with E-state index in [0.29, 0.717) is 5.92 Å². The smallest absolute Gasteiger partial charge is 0.163 e. The van der Waals surface area contributed by atoms with E-state index in [-0.39, 0.29) is 24.7 Å². The minimum Gasteiger partial charge on any atom is -0.396 e. The van der Waals surface area contributed by atoms with Crippen molar-refractivity contribution in [3.05, 3.63) is 0 Å². The Morgan fingerprint density at radius 1 is 1.24 bits per heavy atom. The molecule has 0 spiro atoms. The van der Waals surface area contributed by atoms with Gasteiger partial charge in [0, 0.05) is 18.4 Å². The molecule has 0 aliphatic carbocycles. The molecule has 102 valence electrons. The first-order valence-electron chi connectivity index (χ1n) is 6.91. The highest BCUT2D eigenvalue weighted by Gasteiger charge is 2.42. The summed E-state index contributed by atoms with van der Waals surface area (Å²) in [5.74, 6) is 0.0344. The third kappa shape index (κ3) is 3.67. The Morgan fingerprint density at radius 2 is 1.88 bits per heavy atom. The summed E-state index contributed by atoms with van der Waals surface area (Å²) in [5.41, 5.74) is 0. The van der Waals surface area contributed by atoms with E-state index in [9.17, 15) is 5.11 Å². The Morgan fingerprint density at radius 3 is 2.35 bits per heavy atom. The number of hydrogen-bond acceptors (Lipinski definition) is 3. The molecule has 1 rings (SSSR count). The molecule has 4 atom stereocenters. The summed E-state index contributed by atoms with van der Waals surface area (Å²) in [7, 11) is 0. The first kappa shape index (κ1) is 14.9. The summed E-state index contributed by atoms with van der Waals surface area (Å²) in [6.07, 6.45) is 3.47. The lowest BCUT2D eigenvalue weighted by atomic mass is 9.84. The molecule has 0 aromatic rings. The lowest BCUT2D eigenvalue weighted by Crippen LogP contribution is -2.53. The Bertz CT molecular complexity index is 224. The SMILES string of the molecule is CCC[C@H]1OC(C)(C)O[C@@H]([C@H](CC)CO)[C@@H]1C. The van der Waals surface area contributed by atoms with Crippen LogP contribution < -0.4 is 0 Å². The van der Waals surface area contributed by atoms with Gasteiger partial charge in [-0.05, 0) is 26.7 Å². The molecule has 1 fully saturated rings. The average Bonchev–Trinajstić information content (AvgIpc) is 2.26. The van der Waals surface area contributed by atoms with Crippen molar-refractivity contribution in [2.75, 3.05) is 6.61 Å². The van der Waals surface area contributed by atoms with Crippen molar-refractivity contribution in [3.63, 3.8) is 0 Å². The normalized spacial score (nSPS) is 34.6. The van der Waals surface area contributed by atoms with Crippen LogP contribution in [0.15, 0.2) is 0 Å². The zero-order valence-corrected chi connectivity index (χ0v) is 11.9. The van der Waals surface area contributed by atoms with E-state index < -0.39 is 5.79 Å². The largest absolute Gasteiger partial charge is 0.396 e. The molecule has 17 heavy (non-hydrogen) atoms. The monoisotopic (exact) mass is 244 g/mol. The molecular weight excluding hydrogens is 216 g/mol. The first-order chi connectivity index (χ1) is 7.95. The van der Waals surface area contributed by atoms with Crippen molar-refractivity contribution in [1.82, 2.24) is 0 Å². The Balaban J connectivity index is 2.80. The Kier molecular flexibility index (Phi) is 5.42. The van der Waals surface area contributed by atoms with Gasteiger partial charge in [-0.1, -0.05) is 27.2 Å². The molecule has 0 aromatic carbocycles. The minimum absolute atomic E-state index is 0.102. The number of ether oxygens (including phenoxy) is 2. The molecule has 1 N–H and O–H groups in total. The second kappa shape index (κ2) is 6.17. The molecule has 1 aliphatic heterocycles. The van der Waals surface area contributed by atoms with Crippen molar-refractivity contribution in [2.24, 2.45) is 11.8 Å². The molecule has 0 bridgehead atoms. The van der Waals surface area contributed by atoms with Gasteiger partial charge >= 0.3 is 0 Å². The zero-order valence-electron chi connectivity index (χ0n) is 11.9. The highest BCUT2D eigenvalue weighted by Crippen LogP contribution is 2.36. The van der Waals surface area contributed by atoms with E-state index >= 15 is 0 Å². The minimum atomic E-state index is -0.528. The summed E-state index contributed by atoms with van der Waals surface area (Å²) in [4.78, 5) is 0. The molecular formula is C14H28O3. The van der Waals surface area contributed by atoms with Gasteiger partial charge in [-0.25, -0.2) is 0 Å². The van der Waals surface area contributed by atoms with Crippen LogP contribution in [0.2, 0.25) is 0 Å². The van der Waals surface area contributed by atoms with E-state index in [4.69, 9.17) is 9.47 Å². The van der Waals surface area contributed by atoms with Gasteiger partial charge in [0.05, 0.1) is 12.2 Å². The van der Waals surface area contributed by atoms with Crippen molar-refractivity contribution >= 4 is 0 Å². The molecule has 1 aliphatic rings.